The fraction of sp³-hybridized carbons (Fsp3) is 0. The van der Waals surface area contributed by atoms with E-state index >= 15 is 0 Å². The van der Waals surface area contributed by atoms with Gasteiger partial charge in [0.05, 0.1) is 0 Å². The Labute approximate surface area is 73.0 Å². The number of anilines is 1. The molecule has 6 heteroatoms. The van der Waals surface area contributed by atoms with E-state index in [1.165, 1.54) is 17.1 Å². The molecule has 0 aliphatic heterocycles. The second-order valence-corrected chi connectivity index (χ2v) is 2.43. The van der Waals surface area contributed by atoms with E-state index < -0.39 is 0 Å². The highest BCUT2D eigenvalue weighted by atomic mass is 16.1. The van der Waals surface area contributed by atoms with Crippen molar-refractivity contribution < 1.29 is 0 Å². The van der Waals surface area contributed by atoms with Gasteiger partial charge in [-0.3, -0.25) is 4.79 Å². The second kappa shape index (κ2) is 2.74. The van der Waals surface area contributed by atoms with Crippen molar-refractivity contribution in [1.29, 1.82) is 0 Å². The van der Waals surface area contributed by atoms with Crippen LogP contribution in [0.25, 0.3) is 5.82 Å². The van der Waals surface area contributed by atoms with Gasteiger partial charge in [0.25, 0.3) is 5.56 Å². The average molecular weight is 177 g/mol. The summed E-state index contributed by atoms with van der Waals surface area (Å²) in [7, 11) is 0. The molecule has 2 aromatic rings. The summed E-state index contributed by atoms with van der Waals surface area (Å²) in [6, 6.07) is 1.59. The smallest absolute Gasteiger partial charge is 0.293 e. The molecule has 6 nitrogen and oxygen atoms in total. The average Bonchev–Trinajstić information content (AvgIpc) is 2.53. The van der Waals surface area contributed by atoms with E-state index in [0.29, 0.717) is 5.82 Å². The first kappa shape index (κ1) is 7.53. The molecule has 66 valence electrons. The van der Waals surface area contributed by atoms with Crippen LogP contribution in [0.15, 0.2) is 29.5 Å². The summed E-state index contributed by atoms with van der Waals surface area (Å²) in [6.07, 6.45) is 4.51. The van der Waals surface area contributed by atoms with Gasteiger partial charge in [0, 0.05) is 24.7 Å². The summed E-state index contributed by atoms with van der Waals surface area (Å²) in [4.78, 5) is 17.6. The highest BCUT2D eigenvalue weighted by Gasteiger charge is 2.03. The monoisotopic (exact) mass is 177 g/mol. The standard InChI is InChI=1S/C7H7N5O/c8-5-1-4-12(11-5)6-7(13)10-3-2-9-6/h1-4H,(H2,8,11)(H,10,13). The predicted octanol–water partition coefficient (Wildman–Crippen LogP) is -0.462. The number of nitrogen functional groups attached to an aromatic ring is 1. The normalized spacial score (nSPS) is 10.2. The van der Waals surface area contributed by atoms with E-state index in [9.17, 15) is 4.79 Å². The molecular weight excluding hydrogens is 170 g/mol. The predicted molar refractivity (Wildman–Crippen MR) is 46.4 cm³/mol. The minimum Gasteiger partial charge on any atom is -0.382 e. The van der Waals surface area contributed by atoms with Gasteiger partial charge < -0.3 is 10.7 Å². The van der Waals surface area contributed by atoms with Gasteiger partial charge in [-0.25, -0.2) is 9.67 Å². The number of rotatable bonds is 1. The maximum absolute atomic E-state index is 11.2. The molecule has 0 saturated carbocycles. The molecule has 13 heavy (non-hydrogen) atoms. The van der Waals surface area contributed by atoms with Crippen LogP contribution >= 0.6 is 0 Å². The largest absolute Gasteiger partial charge is 0.382 e. The molecular formula is C7H7N5O. The van der Waals surface area contributed by atoms with Crippen LogP contribution in [0.3, 0.4) is 0 Å². The molecule has 0 aliphatic carbocycles. The fourth-order valence-electron chi connectivity index (χ4n) is 0.963. The van der Waals surface area contributed by atoms with Crippen molar-refractivity contribution in [2.75, 3.05) is 5.73 Å². The zero-order chi connectivity index (χ0) is 9.26. The zero-order valence-corrected chi connectivity index (χ0v) is 6.64. The van der Waals surface area contributed by atoms with E-state index in [-0.39, 0.29) is 11.4 Å². The Bertz CT molecular complexity index is 471. The van der Waals surface area contributed by atoms with Crippen LogP contribution in [0.2, 0.25) is 0 Å². The van der Waals surface area contributed by atoms with Gasteiger partial charge in [0.2, 0.25) is 5.82 Å². The molecule has 0 aliphatic rings. The number of aromatic nitrogens is 4. The van der Waals surface area contributed by atoms with Gasteiger partial charge in [-0.1, -0.05) is 0 Å². The summed E-state index contributed by atoms with van der Waals surface area (Å²) in [5, 5.41) is 3.85. The van der Waals surface area contributed by atoms with Gasteiger partial charge in [0.1, 0.15) is 5.82 Å². The minimum atomic E-state index is -0.300. The molecule has 0 amide bonds. The van der Waals surface area contributed by atoms with Crippen molar-refractivity contribution >= 4 is 5.82 Å². The number of H-pyrrole nitrogens is 1. The maximum atomic E-state index is 11.2. The molecule has 0 bridgehead atoms. The lowest BCUT2D eigenvalue weighted by Crippen LogP contribution is -2.16. The third-order valence-corrected chi connectivity index (χ3v) is 1.52. The van der Waals surface area contributed by atoms with Crippen LogP contribution in [0, 0.1) is 0 Å². The van der Waals surface area contributed by atoms with Crippen molar-refractivity contribution in [2.45, 2.75) is 0 Å². The lowest BCUT2D eigenvalue weighted by atomic mass is 10.6. The summed E-state index contributed by atoms with van der Waals surface area (Å²) < 4.78 is 1.33. The molecule has 2 aromatic heterocycles. The van der Waals surface area contributed by atoms with Crippen LogP contribution in [0.5, 0.6) is 0 Å². The highest BCUT2D eigenvalue weighted by molar-refractivity contribution is 5.28. The Morgan fingerprint density at radius 2 is 2.38 bits per heavy atom. The molecule has 0 atom stereocenters. The SMILES string of the molecule is Nc1ccn(-c2ncc[nH]c2=O)n1. The van der Waals surface area contributed by atoms with E-state index in [1.54, 1.807) is 12.3 Å². The summed E-state index contributed by atoms with van der Waals surface area (Å²) in [5.74, 6) is 0.559. The number of nitrogens with one attached hydrogen (secondary N) is 1. The Morgan fingerprint density at radius 3 is 3.00 bits per heavy atom. The molecule has 0 radical (unpaired) electrons. The van der Waals surface area contributed by atoms with Gasteiger partial charge in [0.15, 0.2) is 0 Å². The minimum absolute atomic E-state index is 0.208. The fourth-order valence-corrected chi connectivity index (χ4v) is 0.963. The van der Waals surface area contributed by atoms with Gasteiger partial charge in [-0.15, -0.1) is 5.10 Å². The zero-order valence-electron chi connectivity index (χ0n) is 6.64. The molecule has 0 saturated heterocycles. The molecule has 2 heterocycles. The van der Waals surface area contributed by atoms with Crippen LogP contribution in [-0.2, 0) is 0 Å². The first-order valence-corrected chi connectivity index (χ1v) is 3.62. The van der Waals surface area contributed by atoms with E-state index in [1.807, 2.05) is 0 Å². The Kier molecular flexibility index (Phi) is 1.59. The summed E-state index contributed by atoms with van der Waals surface area (Å²) in [5.41, 5.74) is 5.09. The Balaban J connectivity index is 2.59. The van der Waals surface area contributed by atoms with E-state index in [0.717, 1.165) is 0 Å². The summed E-state index contributed by atoms with van der Waals surface area (Å²) in [6.45, 7) is 0. The molecule has 3 N–H and O–H groups in total. The van der Waals surface area contributed by atoms with Crippen LogP contribution in [0.4, 0.5) is 5.82 Å². The van der Waals surface area contributed by atoms with Crippen molar-refractivity contribution in [3.8, 4) is 5.82 Å². The third kappa shape index (κ3) is 1.28. The molecule has 0 aromatic carbocycles. The van der Waals surface area contributed by atoms with E-state index in [4.69, 9.17) is 5.73 Å². The second-order valence-electron chi connectivity index (χ2n) is 2.43. The summed E-state index contributed by atoms with van der Waals surface area (Å²) >= 11 is 0. The number of aromatic amines is 1. The molecule has 2 rings (SSSR count). The van der Waals surface area contributed by atoms with Gasteiger partial charge in [-0.05, 0) is 0 Å². The van der Waals surface area contributed by atoms with Crippen molar-refractivity contribution in [1.82, 2.24) is 19.7 Å². The number of nitrogens with zero attached hydrogens (tertiary/aromatic N) is 3. The molecule has 0 unspecified atom stereocenters. The lowest BCUT2D eigenvalue weighted by molar-refractivity contribution is 0.829. The lowest BCUT2D eigenvalue weighted by Gasteiger charge is -1.95. The first-order chi connectivity index (χ1) is 6.27. The van der Waals surface area contributed by atoms with Crippen molar-refractivity contribution in [3.05, 3.63) is 35.0 Å². The van der Waals surface area contributed by atoms with Crippen molar-refractivity contribution in [2.24, 2.45) is 0 Å². The van der Waals surface area contributed by atoms with Crippen LogP contribution in [-0.4, -0.2) is 19.7 Å². The number of nitrogens with two attached hydrogens (primary N) is 1. The Hall–Kier alpha value is -2.11. The van der Waals surface area contributed by atoms with E-state index in [2.05, 4.69) is 15.1 Å². The maximum Gasteiger partial charge on any atom is 0.293 e. The number of hydrogen-bond donors (Lipinski definition) is 2. The highest BCUT2D eigenvalue weighted by Crippen LogP contribution is 1.99. The van der Waals surface area contributed by atoms with Crippen LogP contribution in [0.1, 0.15) is 0 Å². The van der Waals surface area contributed by atoms with Gasteiger partial charge in [-0.2, -0.15) is 0 Å². The van der Waals surface area contributed by atoms with Crippen molar-refractivity contribution in [3.63, 3.8) is 0 Å². The number of hydrogen-bond acceptors (Lipinski definition) is 4. The molecule has 0 spiro atoms. The molecule has 0 fully saturated rings. The Morgan fingerprint density at radius 1 is 1.54 bits per heavy atom. The van der Waals surface area contributed by atoms with Crippen LogP contribution < -0.4 is 11.3 Å². The topological polar surface area (TPSA) is 89.6 Å². The van der Waals surface area contributed by atoms with Gasteiger partial charge >= 0.3 is 0 Å². The first-order valence-electron chi connectivity index (χ1n) is 3.62. The third-order valence-electron chi connectivity index (χ3n) is 1.52. The quantitative estimate of drug-likeness (QED) is 0.616.